The number of para-hydroxylation sites is 1. The van der Waals surface area contributed by atoms with E-state index in [4.69, 9.17) is 29.0 Å². The van der Waals surface area contributed by atoms with Gasteiger partial charge in [-0.05, 0) is 158 Å². The molecule has 2 unspecified atom stereocenters. The van der Waals surface area contributed by atoms with Gasteiger partial charge in [-0.15, -0.1) is 0 Å². The van der Waals surface area contributed by atoms with E-state index in [-0.39, 0.29) is 99.5 Å². The maximum atomic E-state index is 14.5. The number of carboxylic acids is 1. The van der Waals surface area contributed by atoms with Crippen LogP contribution in [0.5, 0.6) is 0 Å². The van der Waals surface area contributed by atoms with E-state index in [1.807, 2.05) is 59.0 Å². The van der Waals surface area contributed by atoms with Gasteiger partial charge in [0.15, 0.2) is 22.4 Å². The number of nitrogens with zero attached hydrogens (tertiary/aromatic N) is 8. The van der Waals surface area contributed by atoms with Crippen molar-refractivity contribution >= 4 is 95.8 Å². The monoisotopic (exact) mass is 1670 g/mol. The number of aliphatic hydroxyl groups excluding tert-OH is 5. The number of ketones is 2. The summed E-state index contributed by atoms with van der Waals surface area (Å²) in [5, 5.41) is 74.4. The van der Waals surface area contributed by atoms with Crippen molar-refractivity contribution in [3.63, 3.8) is 0 Å². The summed E-state index contributed by atoms with van der Waals surface area (Å²) in [6.45, 7) is 10.5. The second kappa shape index (κ2) is 35.5. The first-order valence-electron chi connectivity index (χ1n) is 40.1. The molecule has 9 N–H and O–H groups in total. The van der Waals surface area contributed by atoms with Crippen LogP contribution in [0.25, 0.3) is 21.3 Å². The predicted molar refractivity (Wildman–Crippen MR) is 429 cm³/mol. The number of imide groups is 1. The molecule has 3 aromatic heterocycles. The molecule has 11 atom stereocenters. The van der Waals surface area contributed by atoms with Gasteiger partial charge in [-0.3, -0.25) is 53.0 Å². The van der Waals surface area contributed by atoms with Gasteiger partial charge in [-0.25, -0.2) is 19.6 Å². The number of carboxylic acid groups (broad SMARTS) is 1. The smallest absolute Gasteiger partial charge is 0.410 e. The highest BCUT2D eigenvalue weighted by Crippen LogP contribution is 2.72. The molecule has 7 heterocycles. The molecule has 14 rings (SSSR count). The standard InChI is InChI=1S/C84H104N10O22S2/c1-48(2)60(33-57(97)35-92-55(39-113-28-29-118(110,111)112)32-64(77(92)106)94-70(100)20-21-71(94)101)76(105)86-49(3)65(98)31-51-14-15-54(53(30-51)16-18-67-74(103)73(102)66(99)40-114-67)38-115-80(109)90(25-23-56(96)37-95)26-27-116-84-44-81(5)41-82(6,45-84)43-83(42-81,46-84)47-93-50(4)61(34-85-93)58-17-19-69(88-72(58)78(107)108)91-24-22-52-10-9-11-59(62(52)36-91)75(104)89-79-87-63-12-7-8-13-68(63)117-79/h7-15,17,19-21,30,34,48-49,55-56,60,64,66-67,73-74,95-96,99,102-103H,16,18,22-29,31-33,35-47H2,1-6H3,(H,86,105)(H,107,108)(H,87,89,104)(H,110,111,112)/t49-,55-,56-,60-,64-,66+,67-,73-,74-,81?,82?,83?,84?/m0/s1. The SMILES string of the molecule is Cc1c(-c2ccc(N3CCc4cccc(C(=O)Nc5nc6ccccc6s5)c4C3)nc2C(=O)O)cnn1CC12CC3(C)CC(C)(C1)CC(OCCN(CC[C@H](O)CO)C(=O)OCc1ccc(CC(=O)[C@H](C)NC(=O)[C@@H](CC(=O)CN4C(=O)[C@@H](N5C(=O)C=CC5=O)C[C@H]4COCCS(=O)(=O)O)C(C)C)cc1CC[C@@H]1OC[C@@H](O)[C@H](O)[C@H]1O)(C3)C2. The van der Waals surface area contributed by atoms with Gasteiger partial charge >= 0.3 is 12.1 Å². The number of carbonyl (C=O) groups excluding carboxylic acids is 8. The van der Waals surface area contributed by atoms with Crippen LogP contribution in [0.1, 0.15) is 153 Å². The third-order valence-corrected chi connectivity index (χ3v) is 26.1. The Morgan fingerprint density at radius 1 is 0.856 bits per heavy atom. The molecular formula is C84H104N10O22S2. The number of aromatic nitrogens is 4. The molecule has 4 aliphatic heterocycles. The number of aryl methyl sites for hydroxylation is 1. The zero-order valence-corrected chi connectivity index (χ0v) is 68.6. The first-order valence-corrected chi connectivity index (χ1v) is 42.6. The number of thiazole rings is 1. The molecule has 634 valence electrons. The van der Waals surface area contributed by atoms with Crippen LogP contribution >= 0.6 is 11.3 Å². The lowest BCUT2D eigenvalue weighted by atomic mass is 9.39. The highest BCUT2D eigenvalue weighted by molar-refractivity contribution is 7.85. The van der Waals surface area contributed by atoms with Crippen molar-refractivity contribution in [3.8, 4) is 11.1 Å². The summed E-state index contributed by atoms with van der Waals surface area (Å²) >= 11 is 1.39. The second-order valence-electron chi connectivity index (χ2n) is 34.2. The number of fused-ring (bicyclic) bond motifs is 2. The lowest BCUT2D eigenvalue weighted by Gasteiger charge is -2.69. The van der Waals surface area contributed by atoms with E-state index in [2.05, 4.69) is 29.5 Å². The first kappa shape index (κ1) is 86.5. The van der Waals surface area contributed by atoms with E-state index < -0.39 is 155 Å². The van der Waals surface area contributed by atoms with E-state index in [1.165, 1.54) is 23.2 Å². The molecular weight excluding hydrogens is 1570 g/mol. The minimum absolute atomic E-state index is 0.00415. The number of likely N-dealkylation sites (tertiary alicyclic amines) is 1. The van der Waals surface area contributed by atoms with Crippen LogP contribution in [0, 0.1) is 35.0 Å². The van der Waals surface area contributed by atoms with E-state index in [9.17, 15) is 86.8 Å². The highest BCUT2D eigenvalue weighted by atomic mass is 32.2. The Labute approximate surface area is 687 Å². The van der Waals surface area contributed by atoms with E-state index in [0.717, 1.165) is 81.1 Å². The van der Waals surface area contributed by atoms with E-state index in [1.54, 1.807) is 50.4 Å². The van der Waals surface area contributed by atoms with Gasteiger partial charge in [0.25, 0.3) is 27.8 Å². The van der Waals surface area contributed by atoms with Gasteiger partial charge < -0.3 is 69.6 Å². The Morgan fingerprint density at radius 3 is 2.31 bits per heavy atom. The summed E-state index contributed by atoms with van der Waals surface area (Å²) in [5.74, 6) is -7.13. The van der Waals surface area contributed by atoms with Crippen LogP contribution in [0.4, 0.5) is 15.7 Å². The number of amides is 6. The molecule has 0 radical (unpaired) electrons. The number of aromatic carboxylic acids is 1. The number of carbonyl (C=O) groups is 9. The zero-order valence-electron chi connectivity index (χ0n) is 67.0. The fourth-order valence-electron chi connectivity index (χ4n) is 19.7. The average molecular weight is 1670 g/mol. The molecule has 0 spiro atoms. The third-order valence-electron chi connectivity index (χ3n) is 24.5. The fraction of sp³-hybridized carbons (Fsp3) is 0.548. The molecule has 4 saturated carbocycles. The van der Waals surface area contributed by atoms with Crippen LogP contribution in [-0.4, -0.2) is 250 Å². The predicted octanol–water partition coefficient (Wildman–Crippen LogP) is 5.96. The van der Waals surface area contributed by atoms with Crippen molar-refractivity contribution < 1.29 is 106 Å². The molecule has 6 amide bonds. The molecule has 8 aliphatic rings. The van der Waals surface area contributed by atoms with Crippen molar-refractivity contribution in [1.29, 1.82) is 0 Å². The topological polar surface area (TPSA) is 447 Å². The number of hydrogen-bond donors (Lipinski definition) is 9. The molecule has 6 fully saturated rings. The number of anilines is 2. The second-order valence-corrected chi connectivity index (χ2v) is 36.9. The molecule has 32 nitrogen and oxygen atoms in total. The summed E-state index contributed by atoms with van der Waals surface area (Å²) in [4.78, 5) is 138. The van der Waals surface area contributed by atoms with Gasteiger partial charge in [0.1, 0.15) is 36.8 Å². The quantitative estimate of drug-likeness (QED) is 0.0124. The summed E-state index contributed by atoms with van der Waals surface area (Å²) in [6.07, 6.45) is 1.74. The van der Waals surface area contributed by atoms with Crippen molar-refractivity contribution in [3.05, 3.63) is 136 Å². The number of ether oxygens (including phenoxy) is 4. The Kier molecular flexibility index (Phi) is 26.1. The normalized spacial score (nSPS) is 25.5. The molecule has 118 heavy (non-hydrogen) atoms. The largest absolute Gasteiger partial charge is 0.476 e. The highest BCUT2D eigenvalue weighted by Gasteiger charge is 2.66. The maximum absolute atomic E-state index is 14.5. The molecule has 3 aromatic carbocycles. The fourth-order valence-corrected chi connectivity index (χ4v) is 20.9. The summed E-state index contributed by atoms with van der Waals surface area (Å²) in [6, 6.07) is 18.7. The Hall–Kier alpha value is -9.33. The molecule has 34 heteroatoms. The Balaban J connectivity index is 0.653. The lowest BCUT2D eigenvalue weighted by Crippen LogP contribution is -2.64. The van der Waals surface area contributed by atoms with Crippen molar-refractivity contribution in [2.45, 2.75) is 199 Å². The van der Waals surface area contributed by atoms with Crippen LogP contribution in [0.15, 0.2) is 91.1 Å². The number of nitrogens with one attached hydrogen (secondary N) is 2. The van der Waals surface area contributed by atoms with E-state index >= 15 is 0 Å². The van der Waals surface area contributed by atoms with Crippen LogP contribution in [0.3, 0.4) is 0 Å². The van der Waals surface area contributed by atoms with Crippen molar-refractivity contribution in [2.75, 3.05) is 75.2 Å². The number of benzene rings is 3. The van der Waals surface area contributed by atoms with Gasteiger partial charge in [-0.2, -0.15) is 13.5 Å². The number of rotatable bonds is 36. The van der Waals surface area contributed by atoms with Crippen molar-refractivity contribution in [2.24, 2.45) is 28.1 Å². The van der Waals surface area contributed by atoms with Gasteiger partial charge in [0.05, 0.1) is 91.6 Å². The number of aliphatic hydroxyl groups is 5. The van der Waals surface area contributed by atoms with Gasteiger partial charge in [-0.1, -0.05) is 81.5 Å². The molecule has 2 saturated heterocycles. The number of Topliss-reactive ketones (excluding diaryl/α,β-unsaturated/α-hetero) is 2. The lowest BCUT2D eigenvalue weighted by molar-refractivity contribution is -0.248. The summed E-state index contributed by atoms with van der Waals surface area (Å²) < 4.78 is 59.3. The zero-order chi connectivity index (χ0) is 84.5. The van der Waals surface area contributed by atoms with E-state index in [0.29, 0.717) is 76.8 Å². The first-order chi connectivity index (χ1) is 56.0. The van der Waals surface area contributed by atoms with Gasteiger partial charge in [0, 0.05) is 92.4 Å². The Morgan fingerprint density at radius 2 is 1.60 bits per heavy atom. The van der Waals surface area contributed by atoms with Crippen LogP contribution in [-0.2, 0) is 96.8 Å². The average Bonchev–Trinajstić information content (AvgIpc) is 0.705. The maximum Gasteiger partial charge on any atom is 0.410 e. The number of hydrogen-bond acceptors (Lipinski definition) is 25. The molecule has 6 aromatic rings. The minimum atomic E-state index is -4.40. The van der Waals surface area contributed by atoms with Gasteiger partial charge in [0.2, 0.25) is 11.8 Å². The summed E-state index contributed by atoms with van der Waals surface area (Å²) in [5.41, 5.74) is 5.25. The Bertz CT molecular complexity index is 4920. The van der Waals surface area contributed by atoms with Crippen LogP contribution in [0.2, 0.25) is 0 Å². The summed E-state index contributed by atoms with van der Waals surface area (Å²) in [7, 11) is -4.40. The van der Waals surface area contributed by atoms with Crippen LogP contribution < -0.4 is 15.5 Å². The minimum Gasteiger partial charge on any atom is -0.476 e. The third kappa shape index (κ3) is 19.6. The van der Waals surface area contributed by atoms with Crippen molar-refractivity contribution in [1.82, 2.24) is 39.8 Å². The number of pyridine rings is 1. The molecule has 4 aliphatic carbocycles. The molecule has 4 bridgehead atoms.